The molecular formula is C15H21NO5S. The summed E-state index contributed by atoms with van der Waals surface area (Å²) in [5.41, 5.74) is 0. The minimum atomic E-state index is -3.28. The van der Waals surface area contributed by atoms with Crippen LogP contribution >= 0.6 is 0 Å². The standard InChI is InChI=1S/C15H21NO5S/c1-3-8-16-11-15(20-9-10-22(16,17)18)12-21-14-6-4-13(19-2)5-7-14/h3-7,15H,1,8-12H2,2H3. The second kappa shape index (κ2) is 7.62. The van der Waals surface area contributed by atoms with Gasteiger partial charge in [-0.15, -0.1) is 6.58 Å². The van der Waals surface area contributed by atoms with Gasteiger partial charge in [-0.3, -0.25) is 0 Å². The average molecular weight is 327 g/mol. The van der Waals surface area contributed by atoms with E-state index in [0.717, 1.165) is 5.75 Å². The molecule has 0 aromatic heterocycles. The highest BCUT2D eigenvalue weighted by Crippen LogP contribution is 2.18. The Kier molecular flexibility index (Phi) is 5.82. The summed E-state index contributed by atoms with van der Waals surface area (Å²) in [5, 5.41) is 0. The number of hydrogen-bond acceptors (Lipinski definition) is 5. The number of hydrogen-bond donors (Lipinski definition) is 0. The van der Waals surface area contributed by atoms with Gasteiger partial charge in [0.1, 0.15) is 24.2 Å². The maximum absolute atomic E-state index is 12.0. The average Bonchev–Trinajstić information content (AvgIpc) is 2.65. The molecule has 1 unspecified atom stereocenters. The van der Waals surface area contributed by atoms with Crippen molar-refractivity contribution in [2.75, 3.05) is 39.2 Å². The lowest BCUT2D eigenvalue weighted by molar-refractivity contribution is 0.0255. The van der Waals surface area contributed by atoms with Crippen LogP contribution in [-0.4, -0.2) is 58.0 Å². The largest absolute Gasteiger partial charge is 0.497 e. The Morgan fingerprint density at radius 2 is 2.05 bits per heavy atom. The molecule has 0 aliphatic carbocycles. The van der Waals surface area contributed by atoms with E-state index in [9.17, 15) is 8.42 Å². The van der Waals surface area contributed by atoms with E-state index in [1.54, 1.807) is 37.5 Å². The number of methoxy groups -OCH3 is 1. The quantitative estimate of drug-likeness (QED) is 0.737. The zero-order valence-electron chi connectivity index (χ0n) is 12.6. The minimum Gasteiger partial charge on any atom is -0.497 e. The zero-order valence-corrected chi connectivity index (χ0v) is 13.4. The molecule has 0 radical (unpaired) electrons. The molecule has 1 aromatic rings. The topological polar surface area (TPSA) is 65.1 Å². The van der Waals surface area contributed by atoms with Crippen molar-refractivity contribution in [2.45, 2.75) is 6.10 Å². The summed E-state index contributed by atoms with van der Waals surface area (Å²) >= 11 is 0. The minimum absolute atomic E-state index is 0.0140. The lowest BCUT2D eigenvalue weighted by Gasteiger charge is -2.21. The van der Waals surface area contributed by atoms with Crippen LogP contribution in [-0.2, 0) is 14.8 Å². The SMILES string of the molecule is C=CCN1CC(COc2ccc(OC)cc2)OCCS1(=O)=O. The molecule has 1 heterocycles. The maximum Gasteiger partial charge on any atom is 0.216 e. The smallest absolute Gasteiger partial charge is 0.216 e. The van der Waals surface area contributed by atoms with E-state index < -0.39 is 10.0 Å². The molecule has 1 saturated heterocycles. The molecule has 1 atom stereocenters. The molecule has 2 rings (SSSR count). The van der Waals surface area contributed by atoms with E-state index in [-0.39, 0.29) is 38.2 Å². The molecule has 6 nitrogen and oxygen atoms in total. The first-order valence-electron chi connectivity index (χ1n) is 7.02. The third-order valence-electron chi connectivity index (χ3n) is 3.32. The Balaban J connectivity index is 1.95. The van der Waals surface area contributed by atoms with Gasteiger partial charge < -0.3 is 14.2 Å². The first-order chi connectivity index (χ1) is 10.5. The van der Waals surface area contributed by atoms with Crippen LogP contribution in [0.4, 0.5) is 0 Å². The van der Waals surface area contributed by atoms with Gasteiger partial charge in [0.2, 0.25) is 10.0 Å². The number of rotatable bonds is 6. The van der Waals surface area contributed by atoms with Gasteiger partial charge in [-0.25, -0.2) is 8.42 Å². The Hall–Kier alpha value is -1.57. The van der Waals surface area contributed by atoms with Crippen LogP contribution in [0.25, 0.3) is 0 Å². The molecule has 1 aliphatic heterocycles. The Bertz CT molecular complexity index is 584. The fraction of sp³-hybridized carbons (Fsp3) is 0.467. The van der Waals surface area contributed by atoms with E-state index in [1.807, 2.05) is 0 Å². The Morgan fingerprint density at radius 3 is 2.68 bits per heavy atom. The molecule has 1 aromatic carbocycles. The molecule has 7 heteroatoms. The molecule has 0 bridgehead atoms. The van der Waals surface area contributed by atoms with Crippen molar-refractivity contribution >= 4 is 10.0 Å². The summed E-state index contributed by atoms with van der Waals surface area (Å²) < 4.78 is 41.8. The molecule has 0 N–H and O–H groups in total. The second-order valence-electron chi connectivity index (χ2n) is 4.90. The highest BCUT2D eigenvalue weighted by molar-refractivity contribution is 7.89. The van der Waals surface area contributed by atoms with Gasteiger partial charge in [-0.05, 0) is 24.3 Å². The van der Waals surface area contributed by atoms with Crippen molar-refractivity contribution < 1.29 is 22.6 Å². The van der Waals surface area contributed by atoms with Crippen molar-refractivity contribution in [1.82, 2.24) is 4.31 Å². The molecule has 1 fully saturated rings. The van der Waals surface area contributed by atoms with Crippen molar-refractivity contribution in [1.29, 1.82) is 0 Å². The number of sulfonamides is 1. The van der Waals surface area contributed by atoms with Crippen molar-refractivity contribution in [3.8, 4) is 11.5 Å². The van der Waals surface area contributed by atoms with Crippen LogP contribution in [0.1, 0.15) is 0 Å². The van der Waals surface area contributed by atoms with Gasteiger partial charge in [0.05, 0.1) is 19.5 Å². The van der Waals surface area contributed by atoms with Gasteiger partial charge in [0.25, 0.3) is 0 Å². The van der Waals surface area contributed by atoms with Crippen molar-refractivity contribution in [3.63, 3.8) is 0 Å². The molecular weight excluding hydrogens is 306 g/mol. The summed E-state index contributed by atoms with van der Waals surface area (Å²) in [4.78, 5) is 0. The van der Waals surface area contributed by atoms with E-state index >= 15 is 0 Å². The van der Waals surface area contributed by atoms with Crippen LogP contribution in [0.15, 0.2) is 36.9 Å². The van der Waals surface area contributed by atoms with E-state index in [4.69, 9.17) is 14.2 Å². The van der Waals surface area contributed by atoms with Crippen molar-refractivity contribution in [3.05, 3.63) is 36.9 Å². The zero-order chi connectivity index (χ0) is 16.0. The normalized spacial score (nSPS) is 21.8. The first-order valence-corrected chi connectivity index (χ1v) is 8.63. The van der Waals surface area contributed by atoms with Crippen molar-refractivity contribution in [2.24, 2.45) is 0 Å². The number of nitrogens with zero attached hydrogens (tertiary/aromatic N) is 1. The Labute approximate surface area is 131 Å². The van der Waals surface area contributed by atoms with Gasteiger partial charge in [0, 0.05) is 13.1 Å². The molecule has 22 heavy (non-hydrogen) atoms. The van der Waals surface area contributed by atoms with Crippen LogP contribution in [0, 0.1) is 0 Å². The third kappa shape index (κ3) is 4.46. The van der Waals surface area contributed by atoms with Gasteiger partial charge >= 0.3 is 0 Å². The number of ether oxygens (including phenoxy) is 3. The Morgan fingerprint density at radius 1 is 1.36 bits per heavy atom. The monoisotopic (exact) mass is 327 g/mol. The molecule has 122 valence electrons. The predicted octanol–water partition coefficient (Wildman–Crippen LogP) is 1.29. The predicted molar refractivity (Wildman–Crippen MR) is 83.8 cm³/mol. The maximum atomic E-state index is 12.0. The summed E-state index contributed by atoms with van der Waals surface area (Å²) in [6.07, 6.45) is 1.27. The number of benzene rings is 1. The second-order valence-corrected chi connectivity index (χ2v) is 6.99. The highest BCUT2D eigenvalue weighted by atomic mass is 32.2. The van der Waals surface area contributed by atoms with Crippen LogP contribution < -0.4 is 9.47 Å². The summed E-state index contributed by atoms with van der Waals surface area (Å²) in [6.45, 7) is 4.61. The van der Waals surface area contributed by atoms with Gasteiger partial charge in [-0.1, -0.05) is 6.08 Å². The molecule has 1 aliphatic rings. The van der Waals surface area contributed by atoms with Crippen LogP contribution in [0.3, 0.4) is 0 Å². The molecule has 0 saturated carbocycles. The van der Waals surface area contributed by atoms with E-state index in [2.05, 4.69) is 6.58 Å². The fourth-order valence-corrected chi connectivity index (χ4v) is 3.43. The lowest BCUT2D eigenvalue weighted by atomic mass is 10.3. The highest BCUT2D eigenvalue weighted by Gasteiger charge is 2.29. The summed E-state index contributed by atoms with van der Waals surface area (Å²) in [7, 11) is -1.68. The summed E-state index contributed by atoms with van der Waals surface area (Å²) in [5.74, 6) is 1.42. The summed E-state index contributed by atoms with van der Waals surface area (Å²) in [6, 6.07) is 7.21. The molecule has 0 amide bonds. The molecule has 0 spiro atoms. The van der Waals surface area contributed by atoms with Crippen LogP contribution in [0.5, 0.6) is 11.5 Å². The fourth-order valence-electron chi connectivity index (χ4n) is 2.14. The lowest BCUT2D eigenvalue weighted by Crippen LogP contribution is -2.38. The van der Waals surface area contributed by atoms with Crippen LogP contribution in [0.2, 0.25) is 0 Å². The van der Waals surface area contributed by atoms with E-state index in [0.29, 0.717) is 5.75 Å². The van der Waals surface area contributed by atoms with E-state index in [1.165, 1.54) is 4.31 Å². The van der Waals surface area contributed by atoms with Gasteiger partial charge in [-0.2, -0.15) is 4.31 Å². The van der Waals surface area contributed by atoms with Gasteiger partial charge in [0.15, 0.2) is 0 Å². The first kappa shape index (κ1) is 16.8. The third-order valence-corrected chi connectivity index (χ3v) is 5.09.